The van der Waals surface area contributed by atoms with Gasteiger partial charge in [0.1, 0.15) is 11.3 Å². The van der Waals surface area contributed by atoms with E-state index in [1.807, 2.05) is 44.3 Å². The number of fused-ring (bicyclic) bond motifs is 2. The fourth-order valence-corrected chi connectivity index (χ4v) is 4.10. The van der Waals surface area contributed by atoms with E-state index in [-0.39, 0.29) is 11.9 Å². The summed E-state index contributed by atoms with van der Waals surface area (Å²) in [5.74, 6) is 0.809. The molecule has 27 heavy (non-hydrogen) atoms. The molecule has 0 spiro atoms. The lowest BCUT2D eigenvalue weighted by Crippen LogP contribution is -2.39. The molecule has 0 radical (unpaired) electrons. The van der Waals surface area contributed by atoms with Crippen molar-refractivity contribution in [2.75, 3.05) is 13.6 Å². The standard InChI is InChI=1S/C23H26N2O2/c1-16(22-14-18-9-4-6-13-21(18)27-22)24-23(26)15-25(2)20-12-7-10-17-8-3-5-11-19(17)20/h3-6,8-9,11,13-14,16,20H,7,10,12,15H2,1-2H3,(H,24,26)/t16-,20+/m1/s1. The Hall–Kier alpha value is -2.59. The van der Waals surface area contributed by atoms with E-state index < -0.39 is 0 Å². The molecular weight excluding hydrogens is 336 g/mol. The number of benzene rings is 2. The van der Waals surface area contributed by atoms with E-state index in [2.05, 4.69) is 34.5 Å². The van der Waals surface area contributed by atoms with Gasteiger partial charge < -0.3 is 9.73 Å². The molecule has 0 bridgehead atoms. The van der Waals surface area contributed by atoms with Crippen molar-refractivity contribution >= 4 is 16.9 Å². The minimum Gasteiger partial charge on any atom is -0.459 e. The molecule has 0 unspecified atom stereocenters. The highest BCUT2D eigenvalue weighted by molar-refractivity contribution is 5.80. The maximum atomic E-state index is 12.6. The minimum absolute atomic E-state index is 0.0218. The number of hydrogen-bond acceptors (Lipinski definition) is 3. The number of carbonyl (C=O) groups excluding carboxylic acids is 1. The third-order valence-corrected chi connectivity index (χ3v) is 5.51. The van der Waals surface area contributed by atoms with Crippen molar-refractivity contribution in [3.8, 4) is 0 Å². The molecule has 1 heterocycles. The molecule has 0 saturated heterocycles. The summed E-state index contributed by atoms with van der Waals surface area (Å²) in [6.07, 6.45) is 3.40. The number of hydrogen-bond donors (Lipinski definition) is 1. The number of nitrogens with zero attached hydrogens (tertiary/aromatic N) is 1. The van der Waals surface area contributed by atoms with E-state index in [9.17, 15) is 4.79 Å². The molecule has 4 nitrogen and oxygen atoms in total. The van der Waals surface area contributed by atoms with Gasteiger partial charge in [-0.15, -0.1) is 0 Å². The maximum absolute atomic E-state index is 12.6. The first-order valence-electron chi connectivity index (χ1n) is 9.67. The van der Waals surface area contributed by atoms with Crippen LogP contribution in [0.25, 0.3) is 11.0 Å². The number of rotatable bonds is 5. The largest absolute Gasteiger partial charge is 0.459 e. The fourth-order valence-electron chi connectivity index (χ4n) is 4.10. The number of likely N-dealkylation sites (N-methyl/N-ethyl adjacent to an activating group) is 1. The Labute approximate surface area is 160 Å². The van der Waals surface area contributed by atoms with E-state index in [0.29, 0.717) is 12.6 Å². The third kappa shape index (κ3) is 3.76. The average molecular weight is 362 g/mol. The molecule has 0 fully saturated rings. The predicted octanol–water partition coefficient (Wildman–Crippen LogP) is 4.62. The molecule has 1 aliphatic carbocycles. The van der Waals surface area contributed by atoms with Crippen LogP contribution in [-0.4, -0.2) is 24.4 Å². The summed E-state index contributed by atoms with van der Waals surface area (Å²) in [6, 6.07) is 18.7. The SMILES string of the molecule is C[C@@H](NC(=O)CN(C)[C@H]1CCCc2ccccc21)c1cc2ccccc2o1. The van der Waals surface area contributed by atoms with E-state index in [1.165, 1.54) is 17.5 Å². The van der Waals surface area contributed by atoms with Gasteiger partial charge >= 0.3 is 0 Å². The zero-order valence-electron chi connectivity index (χ0n) is 15.9. The van der Waals surface area contributed by atoms with Gasteiger partial charge in [0.15, 0.2) is 0 Å². The van der Waals surface area contributed by atoms with Crippen LogP contribution in [0.3, 0.4) is 0 Å². The van der Waals surface area contributed by atoms with E-state index >= 15 is 0 Å². The van der Waals surface area contributed by atoms with Gasteiger partial charge in [-0.05, 0) is 56.5 Å². The van der Waals surface area contributed by atoms with Crippen LogP contribution in [0, 0.1) is 0 Å². The van der Waals surface area contributed by atoms with Crippen molar-refractivity contribution in [3.63, 3.8) is 0 Å². The zero-order chi connectivity index (χ0) is 18.8. The average Bonchev–Trinajstić information content (AvgIpc) is 3.12. The summed E-state index contributed by atoms with van der Waals surface area (Å²) in [5.41, 5.74) is 3.63. The van der Waals surface area contributed by atoms with E-state index in [0.717, 1.165) is 29.6 Å². The lowest BCUT2D eigenvalue weighted by molar-refractivity contribution is -0.123. The summed E-state index contributed by atoms with van der Waals surface area (Å²) in [4.78, 5) is 14.8. The Bertz CT molecular complexity index is 913. The molecule has 3 aromatic rings. The Balaban J connectivity index is 1.40. The zero-order valence-corrected chi connectivity index (χ0v) is 15.9. The van der Waals surface area contributed by atoms with Gasteiger partial charge in [0.05, 0.1) is 12.6 Å². The van der Waals surface area contributed by atoms with Crippen LogP contribution < -0.4 is 5.32 Å². The summed E-state index contributed by atoms with van der Waals surface area (Å²) < 4.78 is 5.87. The number of carbonyl (C=O) groups is 1. The number of para-hydroxylation sites is 1. The van der Waals surface area contributed by atoms with Crippen LogP contribution >= 0.6 is 0 Å². The highest BCUT2D eigenvalue weighted by Gasteiger charge is 2.25. The Morgan fingerprint density at radius 3 is 2.85 bits per heavy atom. The third-order valence-electron chi connectivity index (χ3n) is 5.51. The maximum Gasteiger partial charge on any atom is 0.234 e. The van der Waals surface area contributed by atoms with Gasteiger partial charge in [0.2, 0.25) is 5.91 Å². The molecule has 2 aromatic carbocycles. The first-order valence-corrected chi connectivity index (χ1v) is 9.67. The molecule has 140 valence electrons. The number of furan rings is 1. The molecule has 1 aliphatic rings. The second-order valence-corrected chi connectivity index (χ2v) is 7.50. The van der Waals surface area contributed by atoms with Crippen LogP contribution in [0.2, 0.25) is 0 Å². The molecule has 1 N–H and O–H groups in total. The van der Waals surface area contributed by atoms with Crippen LogP contribution in [0.5, 0.6) is 0 Å². The summed E-state index contributed by atoms with van der Waals surface area (Å²) in [5, 5.41) is 4.14. The quantitative estimate of drug-likeness (QED) is 0.720. The van der Waals surface area contributed by atoms with Crippen molar-refractivity contribution in [1.82, 2.24) is 10.2 Å². The van der Waals surface area contributed by atoms with Gasteiger partial charge in [-0.25, -0.2) is 0 Å². The first kappa shape index (κ1) is 17.8. The van der Waals surface area contributed by atoms with Gasteiger partial charge in [0.25, 0.3) is 0 Å². The minimum atomic E-state index is -0.156. The Kier molecular flexibility index (Phi) is 4.99. The highest BCUT2D eigenvalue weighted by Crippen LogP contribution is 2.33. The van der Waals surface area contributed by atoms with Crippen molar-refractivity contribution in [1.29, 1.82) is 0 Å². The van der Waals surface area contributed by atoms with Crippen LogP contribution in [0.1, 0.15) is 48.7 Å². The van der Waals surface area contributed by atoms with Gasteiger partial charge in [-0.3, -0.25) is 9.69 Å². The van der Waals surface area contributed by atoms with Crippen LogP contribution in [0.4, 0.5) is 0 Å². The molecular formula is C23H26N2O2. The number of amides is 1. The normalized spacial score (nSPS) is 17.7. The van der Waals surface area contributed by atoms with Crippen molar-refractivity contribution in [3.05, 3.63) is 71.5 Å². The second kappa shape index (κ2) is 7.57. The molecule has 0 aliphatic heterocycles. The number of nitrogens with one attached hydrogen (secondary N) is 1. The summed E-state index contributed by atoms with van der Waals surface area (Å²) in [7, 11) is 2.04. The van der Waals surface area contributed by atoms with Gasteiger partial charge in [-0.1, -0.05) is 42.5 Å². The molecule has 2 atom stereocenters. The van der Waals surface area contributed by atoms with Crippen molar-refractivity contribution in [2.24, 2.45) is 0 Å². The lowest BCUT2D eigenvalue weighted by atomic mass is 9.87. The predicted molar refractivity (Wildman–Crippen MR) is 108 cm³/mol. The van der Waals surface area contributed by atoms with Crippen molar-refractivity contribution in [2.45, 2.75) is 38.3 Å². The Morgan fingerprint density at radius 1 is 1.22 bits per heavy atom. The van der Waals surface area contributed by atoms with E-state index in [4.69, 9.17) is 4.42 Å². The summed E-state index contributed by atoms with van der Waals surface area (Å²) in [6.45, 7) is 2.34. The smallest absolute Gasteiger partial charge is 0.234 e. The monoisotopic (exact) mass is 362 g/mol. The van der Waals surface area contributed by atoms with Gasteiger partial charge in [0, 0.05) is 11.4 Å². The molecule has 1 aromatic heterocycles. The topological polar surface area (TPSA) is 45.5 Å². The lowest BCUT2D eigenvalue weighted by Gasteiger charge is -2.33. The number of aryl methyl sites for hydroxylation is 1. The molecule has 0 saturated carbocycles. The van der Waals surface area contributed by atoms with Crippen LogP contribution in [-0.2, 0) is 11.2 Å². The van der Waals surface area contributed by atoms with Crippen molar-refractivity contribution < 1.29 is 9.21 Å². The fraction of sp³-hybridized carbons (Fsp3) is 0.348. The van der Waals surface area contributed by atoms with Gasteiger partial charge in [-0.2, -0.15) is 0 Å². The summed E-state index contributed by atoms with van der Waals surface area (Å²) >= 11 is 0. The first-order chi connectivity index (χ1) is 13.1. The highest BCUT2D eigenvalue weighted by atomic mass is 16.3. The Morgan fingerprint density at radius 2 is 2.00 bits per heavy atom. The van der Waals surface area contributed by atoms with E-state index in [1.54, 1.807) is 0 Å². The molecule has 4 rings (SSSR count). The molecule has 4 heteroatoms. The van der Waals surface area contributed by atoms with Crippen LogP contribution in [0.15, 0.2) is 59.0 Å². The second-order valence-electron chi connectivity index (χ2n) is 7.50. The molecule has 1 amide bonds.